The average Bonchev–Trinajstić information content (AvgIpc) is 2.46. The van der Waals surface area contributed by atoms with E-state index in [1.807, 2.05) is 12.1 Å². The zero-order valence-corrected chi connectivity index (χ0v) is 6.62. The number of azide groups is 1. The summed E-state index contributed by atoms with van der Waals surface area (Å²) in [6.45, 7) is 0. The normalized spacial score (nSPS) is 9.85. The summed E-state index contributed by atoms with van der Waals surface area (Å²) in [5.41, 5.74) is 8.94. The van der Waals surface area contributed by atoms with Crippen LogP contribution in [0, 0.1) is 0 Å². The lowest BCUT2D eigenvalue weighted by molar-refractivity contribution is 0.479. The van der Waals surface area contributed by atoms with Crippen molar-refractivity contribution < 1.29 is 5.11 Å². The van der Waals surface area contributed by atoms with Crippen molar-refractivity contribution in [2.24, 2.45) is 5.22 Å². The number of para-hydroxylation sites is 1. The molecule has 5 nitrogen and oxygen atoms in total. The molecule has 13 heavy (non-hydrogen) atoms. The minimum Gasteiger partial charge on any atom is -0.504 e. The standard InChI is InChI=1S/C8H6N4O/c9-10-11-12-5-8(13)6-3-1-2-4-7(6)12/h1-5,13H. The minimum atomic E-state index is 0.114. The maximum Gasteiger partial charge on any atom is 0.167 e. The number of rotatable bonds is 1. The lowest BCUT2D eigenvalue weighted by atomic mass is 10.2. The number of nitrogens with zero attached hydrogens (tertiary/aromatic N) is 4. The lowest BCUT2D eigenvalue weighted by Gasteiger charge is -1.87. The molecule has 2 aromatic rings. The van der Waals surface area contributed by atoms with Crippen LogP contribution in [0.4, 0.5) is 0 Å². The summed E-state index contributed by atoms with van der Waals surface area (Å²) >= 11 is 0. The van der Waals surface area contributed by atoms with Gasteiger partial charge in [-0.1, -0.05) is 12.1 Å². The van der Waals surface area contributed by atoms with Crippen molar-refractivity contribution >= 4 is 10.9 Å². The fourth-order valence-corrected chi connectivity index (χ4v) is 1.26. The third-order valence-corrected chi connectivity index (χ3v) is 1.81. The Morgan fingerprint density at radius 3 is 2.92 bits per heavy atom. The van der Waals surface area contributed by atoms with E-state index in [0.717, 1.165) is 0 Å². The van der Waals surface area contributed by atoms with E-state index in [4.69, 9.17) is 5.53 Å². The third-order valence-electron chi connectivity index (χ3n) is 1.81. The molecule has 0 saturated heterocycles. The first kappa shape index (κ1) is 7.52. The van der Waals surface area contributed by atoms with Gasteiger partial charge in [0.05, 0.1) is 5.39 Å². The van der Waals surface area contributed by atoms with Crippen LogP contribution < -0.4 is 0 Å². The molecule has 0 aliphatic rings. The van der Waals surface area contributed by atoms with Gasteiger partial charge in [-0.2, -0.15) is 9.59 Å². The van der Waals surface area contributed by atoms with Gasteiger partial charge < -0.3 is 5.11 Å². The van der Waals surface area contributed by atoms with Crippen LogP contribution in [-0.2, 0) is 0 Å². The maximum atomic E-state index is 9.41. The van der Waals surface area contributed by atoms with Gasteiger partial charge in [0.25, 0.3) is 0 Å². The molecular weight excluding hydrogens is 168 g/mol. The van der Waals surface area contributed by atoms with E-state index in [0.29, 0.717) is 10.9 Å². The zero-order chi connectivity index (χ0) is 9.26. The summed E-state index contributed by atoms with van der Waals surface area (Å²) in [6.07, 6.45) is 1.38. The summed E-state index contributed by atoms with van der Waals surface area (Å²) in [5.74, 6) is 0.114. The Hall–Kier alpha value is -2.13. The van der Waals surface area contributed by atoms with Gasteiger partial charge in [-0.15, -0.1) is 5.53 Å². The molecule has 0 fully saturated rings. The lowest BCUT2D eigenvalue weighted by Crippen LogP contribution is -1.80. The highest BCUT2D eigenvalue weighted by Gasteiger charge is 2.08. The second-order valence-corrected chi connectivity index (χ2v) is 2.55. The topological polar surface area (TPSA) is 73.9 Å². The van der Waals surface area contributed by atoms with Crippen LogP contribution in [0.25, 0.3) is 21.3 Å². The molecule has 0 saturated carbocycles. The van der Waals surface area contributed by atoms with E-state index >= 15 is 0 Å². The number of fused-ring (bicyclic) bond motifs is 1. The number of aromatic nitrogens is 1. The summed E-state index contributed by atoms with van der Waals surface area (Å²) < 4.78 is 1.30. The molecular formula is C8H6N4O. The van der Waals surface area contributed by atoms with Crippen LogP contribution >= 0.6 is 0 Å². The Morgan fingerprint density at radius 2 is 2.15 bits per heavy atom. The third kappa shape index (κ3) is 1.07. The molecule has 1 aromatic heterocycles. The van der Waals surface area contributed by atoms with E-state index < -0.39 is 0 Å². The second kappa shape index (κ2) is 2.73. The van der Waals surface area contributed by atoms with Crippen molar-refractivity contribution in [1.29, 1.82) is 0 Å². The molecule has 64 valence electrons. The van der Waals surface area contributed by atoms with Crippen LogP contribution in [-0.4, -0.2) is 9.78 Å². The molecule has 5 heteroatoms. The van der Waals surface area contributed by atoms with Crippen molar-refractivity contribution in [3.05, 3.63) is 40.9 Å². The fraction of sp³-hybridized carbons (Fsp3) is 0. The molecule has 0 radical (unpaired) electrons. The summed E-state index contributed by atoms with van der Waals surface area (Å²) in [4.78, 5) is 2.65. The molecule has 0 aliphatic carbocycles. The number of benzene rings is 1. The molecule has 0 bridgehead atoms. The molecule has 0 unspecified atom stereocenters. The van der Waals surface area contributed by atoms with Gasteiger partial charge >= 0.3 is 0 Å². The molecule has 0 atom stereocenters. The Labute approximate surface area is 73.4 Å². The van der Waals surface area contributed by atoms with Crippen molar-refractivity contribution in [3.8, 4) is 5.75 Å². The number of aromatic hydroxyl groups is 1. The Bertz CT molecular complexity index is 496. The van der Waals surface area contributed by atoms with Crippen molar-refractivity contribution in [1.82, 2.24) is 4.68 Å². The molecule has 0 aliphatic heterocycles. The van der Waals surface area contributed by atoms with Crippen LogP contribution in [0.5, 0.6) is 5.75 Å². The first-order chi connectivity index (χ1) is 6.33. The van der Waals surface area contributed by atoms with Crippen LogP contribution in [0.15, 0.2) is 35.7 Å². The largest absolute Gasteiger partial charge is 0.504 e. The van der Waals surface area contributed by atoms with Gasteiger partial charge in [-0.25, -0.2) is 0 Å². The summed E-state index contributed by atoms with van der Waals surface area (Å²) in [6, 6.07) is 7.14. The number of hydrogen-bond donors (Lipinski definition) is 1. The SMILES string of the molecule is [N-]=[N+]=Nn1cc(O)c2ccccc21. The van der Waals surface area contributed by atoms with Crippen molar-refractivity contribution in [2.45, 2.75) is 0 Å². The molecule has 1 N–H and O–H groups in total. The van der Waals surface area contributed by atoms with Crippen LogP contribution in [0.3, 0.4) is 0 Å². The van der Waals surface area contributed by atoms with E-state index in [1.54, 1.807) is 12.1 Å². The number of hydrogen-bond acceptors (Lipinski definition) is 2. The van der Waals surface area contributed by atoms with Crippen LogP contribution in [0.1, 0.15) is 0 Å². The van der Waals surface area contributed by atoms with Gasteiger partial charge in [0, 0.05) is 0 Å². The molecule has 2 rings (SSSR count). The highest BCUT2D eigenvalue weighted by atomic mass is 16.3. The van der Waals surface area contributed by atoms with Gasteiger partial charge in [0.2, 0.25) is 0 Å². The highest BCUT2D eigenvalue weighted by molar-refractivity contribution is 5.86. The molecule has 0 amide bonds. The first-order valence-corrected chi connectivity index (χ1v) is 3.67. The van der Waals surface area contributed by atoms with E-state index in [9.17, 15) is 5.11 Å². The highest BCUT2D eigenvalue weighted by Crippen LogP contribution is 2.26. The van der Waals surface area contributed by atoms with Gasteiger partial charge in [0.15, 0.2) is 5.75 Å². The first-order valence-electron chi connectivity index (χ1n) is 3.67. The Kier molecular flexibility index (Phi) is 1.58. The predicted octanol–water partition coefficient (Wildman–Crippen LogP) is 2.42. The quantitative estimate of drug-likeness (QED) is 0.402. The second-order valence-electron chi connectivity index (χ2n) is 2.55. The summed E-state index contributed by atoms with van der Waals surface area (Å²) in [7, 11) is 0. The van der Waals surface area contributed by atoms with Crippen molar-refractivity contribution in [2.75, 3.05) is 0 Å². The molecule has 1 heterocycles. The Balaban J connectivity index is 2.85. The van der Waals surface area contributed by atoms with Gasteiger partial charge in [0.1, 0.15) is 11.7 Å². The smallest absolute Gasteiger partial charge is 0.167 e. The maximum absolute atomic E-state index is 9.41. The average molecular weight is 174 g/mol. The molecule has 0 spiro atoms. The van der Waals surface area contributed by atoms with Gasteiger partial charge in [-0.05, 0) is 17.4 Å². The van der Waals surface area contributed by atoms with E-state index in [2.05, 4.69) is 10.1 Å². The monoisotopic (exact) mass is 174 g/mol. The molecule has 1 aromatic carbocycles. The van der Waals surface area contributed by atoms with Crippen molar-refractivity contribution in [3.63, 3.8) is 0 Å². The predicted molar refractivity (Wildman–Crippen MR) is 48.1 cm³/mol. The summed E-state index contributed by atoms with van der Waals surface area (Å²) in [5, 5.41) is 13.5. The minimum absolute atomic E-state index is 0.114. The van der Waals surface area contributed by atoms with Crippen LogP contribution in [0.2, 0.25) is 0 Å². The fourth-order valence-electron chi connectivity index (χ4n) is 1.26. The zero-order valence-electron chi connectivity index (χ0n) is 6.62. The van der Waals surface area contributed by atoms with Gasteiger partial charge in [-0.3, -0.25) is 0 Å². The Morgan fingerprint density at radius 1 is 1.38 bits per heavy atom. The van der Waals surface area contributed by atoms with E-state index in [-0.39, 0.29) is 5.75 Å². The van der Waals surface area contributed by atoms with E-state index in [1.165, 1.54) is 10.9 Å².